The van der Waals surface area contributed by atoms with Crippen molar-refractivity contribution < 1.29 is 17.6 Å². The van der Waals surface area contributed by atoms with Crippen molar-refractivity contribution in [3.05, 3.63) is 88.3 Å². The molecule has 2 aliphatic carbocycles. The maximum absolute atomic E-state index is 15.9. The zero-order chi connectivity index (χ0) is 29.2. The fraction of sp³-hybridized carbons (Fsp3) is 0. The van der Waals surface area contributed by atoms with Gasteiger partial charge in [-0.2, -0.15) is 21.0 Å². The number of halogens is 4. The molecule has 42 heavy (non-hydrogen) atoms. The van der Waals surface area contributed by atoms with Gasteiger partial charge in [0.2, 0.25) is 0 Å². The maximum Gasteiger partial charge on any atom is 0.199 e. The molecule has 0 N–H and O–H groups in total. The molecule has 6 aromatic rings. The summed E-state index contributed by atoms with van der Waals surface area (Å²) in [6.45, 7) is 0. The van der Waals surface area contributed by atoms with Gasteiger partial charge in [0, 0.05) is 10.8 Å². The van der Waals surface area contributed by atoms with Gasteiger partial charge in [-0.15, -0.1) is 0 Å². The van der Waals surface area contributed by atoms with E-state index in [1.807, 2.05) is 0 Å². The molecule has 0 unspecified atom stereocenters. The number of aromatic nitrogens is 8. The number of nitriles is 4. The molecule has 0 bridgehead atoms. The average molecular weight is 556 g/mol. The molecule has 2 aromatic carbocycles. The summed E-state index contributed by atoms with van der Waals surface area (Å²) < 4.78 is 63.6. The molecular weight excluding hydrogens is 556 g/mol. The lowest BCUT2D eigenvalue weighted by Gasteiger charge is -2.03. The first kappa shape index (κ1) is 23.1. The largest absolute Gasteiger partial charge is 0.223 e. The van der Waals surface area contributed by atoms with Gasteiger partial charge in [0.1, 0.15) is 45.7 Å². The Morgan fingerprint density at radius 1 is 0.357 bits per heavy atom. The number of fused-ring (bicyclic) bond motifs is 4. The fourth-order valence-corrected chi connectivity index (χ4v) is 5.30. The molecule has 0 fully saturated rings. The highest BCUT2D eigenvalue weighted by atomic mass is 19.2. The quantitative estimate of drug-likeness (QED) is 0.247. The Hall–Kier alpha value is -6.78. The Morgan fingerprint density at radius 2 is 0.571 bits per heavy atom. The molecule has 0 spiro atoms. The molecule has 0 saturated heterocycles. The van der Waals surface area contributed by atoms with Crippen molar-refractivity contribution in [3.63, 3.8) is 0 Å². The van der Waals surface area contributed by atoms with Crippen molar-refractivity contribution in [1.82, 2.24) is 39.9 Å². The van der Waals surface area contributed by atoms with E-state index in [1.54, 1.807) is 24.3 Å². The molecule has 0 atom stereocenters. The summed E-state index contributed by atoms with van der Waals surface area (Å²) in [6, 6.07) is 6.70. The van der Waals surface area contributed by atoms with E-state index < -0.39 is 66.9 Å². The Labute approximate surface area is 224 Å². The number of hydrogen-bond donors (Lipinski definition) is 0. The minimum atomic E-state index is -1.48. The van der Waals surface area contributed by atoms with Gasteiger partial charge < -0.3 is 0 Å². The Balaban J connectivity index is 1.72. The van der Waals surface area contributed by atoms with Crippen LogP contribution in [0.4, 0.5) is 17.6 Å². The first-order valence-corrected chi connectivity index (χ1v) is 11.5. The van der Waals surface area contributed by atoms with Gasteiger partial charge in [-0.25, -0.2) is 57.4 Å². The summed E-state index contributed by atoms with van der Waals surface area (Å²) in [7, 11) is 0. The number of nitrogens with zero attached hydrogens (tertiary/aromatic N) is 12. The van der Waals surface area contributed by atoms with Crippen molar-refractivity contribution in [2.45, 2.75) is 0 Å². The molecule has 0 amide bonds. The standard InChI is InChI=1S/C26F4N12/c27-15-11-9-10-13(17(15)29)21-22(42-26-25(41-21)37-7(3-33)8(4-34)38-26)14(10)18(30)16(28)12(9)20-19(11)39-23-24(40-20)36-6(2-32)5(1-31)35-23. The predicted molar refractivity (Wildman–Crippen MR) is 124 cm³/mol. The summed E-state index contributed by atoms with van der Waals surface area (Å²) in [6.07, 6.45) is 0. The van der Waals surface area contributed by atoms with Crippen LogP contribution in [0.25, 0.3) is 33.4 Å². The minimum Gasteiger partial charge on any atom is -0.223 e. The molecule has 8 rings (SSSR count). The highest BCUT2D eigenvalue weighted by Crippen LogP contribution is 2.35. The average Bonchev–Trinajstić information content (AvgIpc) is 3.51. The van der Waals surface area contributed by atoms with E-state index in [-0.39, 0.29) is 54.8 Å². The summed E-state index contributed by atoms with van der Waals surface area (Å²) in [4.78, 5) is 32.3. The van der Waals surface area contributed by atoms with E-state index in [2.05, 4.69) is 39.9 Å². The monoisotopic (exact) mass is 556 g/mol. The number of benzene rings is 2. The molecule has 0 aliphatic heterocycles. The summed E-state index contributed by atoms with van der Waals surface area (Å²) in [5, 5.41) is 32.9. The predicted octanol–water partition coefficient (Wildman–Crippen LogP) is 2.12. The molecule has 0 saturated carbocycles. The van der Waals surface area contributed by atoms with Crippen molar-refractivity contribution in [2.24, 2.45) is 0 Å². The highest BCUT2D eigenvalue weighted by molar-refractivity contribution is 5.88. The van der Waals surface area contributed by atoms with Gasteiger partial charge in [0.25, 0.3) is 0 Å². The molecule has 192 valence electrons. The van der Waals surface area contributed by atoms with E-state index in [0.717, 1.165) is 0 Å². The lowest BCUT2D eigenvalue weighted by Crippen LogP contribution is -2.01. The van der Waals surface area contributed by atoms with Crippen LogP contribution >= 0.6 is 0 Å². The minimum absolute atomic E-state index is 0.274. The van der Waals surface area contributed by atoms with Crippen LogP contribution in [0.15, 0.2) is 0 Å². The zero-order valence-electron chi connectivity index (χ0n) is 19.9. The van der Waals surface area contributed by atoms with Crippen LogP contribution in [-0.4, -0.2) is 39.9 Å². The van der Waals surface area contributed by atoms with Gasteiger partial charge in [0.05, 0.1) is 20.9 Å². The second kappa shape index (κ2) is 7.45. The topological polar surface area (TPSA) is 198 Å². The van der Waals surface area contributed by atoms with Crippen LogP contribution in [0.1, 0.15) is 22.8 Å². The van der Waals surface area contributed by atoms with Crippen molar-refractivity contribution in [1.29, 1.82) is 21.0 Å². The van der Waals surface area contributed by atoms with Crippen molar-refractivity contribution in [3.8, 4) is 24.3 Å². The molecular formula is C26F4N12. The van der Waals surface area contributed by atoms with Crippen LogP contribution in [0.2, 0.25) is 0 Å². The number of rotatable bonds is 0. The third kappa shape index (κ3) is 2.51. The third-order valence-electron chi connectivity index (χ3n) is 6.92. The lowest BCUT2D eigenvalue weighted by molar-refractivity contribution is 0.496. The molecule has 4 heterocycles. The lowest BCUT2D eigenvalue weighted by atomic mass is 10.0. The zero-order valence-corrected chi connectivity index (χ0v) is 19.9. The normalized spacial score (nSPS) is 11.7. The van der Waals surface area contributed by atoms with Crippen molar-refractivity contribution >= 4 is 33.4 Å². The first-order chi connectivity index (χ1) is 20.3. The van der Waals surface area contributed by atoms with E-state index >= 15 is 17.6 Å². The van der Waals surface area contributed by atoms with Crippen LogP contribution in [-0.2, 0) is 0 Å². The molecule has 2 aliphatic rings. The second-order valence-electron chi connectivity index (χ2n) is 8.93. The maximum atomic E-state index is 15.9. The fourth-order valence-electron chi connectivity index (χ4n) is 5.30. The Bertz CT molecular complexity index is 2610. The second-order valence-corrected chi connectivity index (χ2v) is 8.93. The first-order valence-electron chi connectivity index (χ1n) is 11.5. The van der Waals surface area contributed by atoms with Gasteiger partial charge in [0.15, 0.2) is 68.6 Å². The Kier molecular flexibility index (Phi) is 4.10. The van der Waals surface area contributed by atoms with E-state index in [1.165, 1.54) is 0 Å². The summed E-state index contributed by atoms with van der Waals surface area (Å²) in [5.74, 6) is -5.93. The summed E-state index contributed by atoms with van der Waals surface area (Å²) in [5.41, 5.74) is -2.88. The summed E-state index contributed by atoms with van der Waals surface area (Å²) >= 11 is 0. The van der Waals surface area contributed by atoms with Gasteiger partial charge in [-0.3, -0.25) is 0 Å². The van der Waals surface area contributed by atoms with E-state index in [4.69, 9.17) is 0 Å². The van der Waals surface area contributed by atoms with Crippen LogP contribution < -0.4 is 0 Å². The van der Waals surface area contributed by atoms with E-state index in [9.17, 15) is 21.0 Å². The van der Waals surface area contributed by atoms with Gasteiger partial charge >= 0.3 is 0 Å². The smallest absolute Gasteiger partial charge is 0.199 e. The van der Waals surface area contributed by atoms with Gasteiger partial charge in [-0.05, 0) is 0 Å². The third-order valence-corrected chi connectivity index (χ3v) is 6.92. The van der Waals surface area contributed by atoms with Crippen molar-refractivity contribution in [2.75, 3.05) is 0 Å². The SMILES string of the molecule is N#Cc1nc2nc3c(nc2nc1C#N)=c1c(F)c(F)c2c4c(c(F)c(F)c=3c14)=c1nc3nc(C#N)c(C#N)nc3nc1=2. The molecule has 0 radical (unpaired) electrons. The van der Waals surface area contributed by atoms with Crippen LogP contribution in [0.3, 0.4) is 0 Å². The molecule has 4 aromatic heterocycles. The molecule has 12 nitrogen and oxygen atoms in total. The van der Waals surface area contributed by atoms with E-state index in [0.29, 0.717) is 0 Å². The number of hydrogen-bond acceptors (Lipinski definition) is 12. The molecule has 16 heteroatoms. The van der Waals surface area contributed by atoms with Gasteiger partial charge in [-0.1, -0.05) is 0 Å². The highest BCUT2D eigenvalue weighted by Gasteiger charge is 2.29. The Morgan fingerprint density at radius 3 is 0.762 bits per heavy atom. The van der Waals surface area contributed by atoms with Crippen LogP contribution in [0.5, 0.6) is 0 Å². The van der Waals surface area contributed by atoms with Crippen LogP contribution in [0, 0.1) is 111 Å².